The Bertz CT molecular complexity index is 565. The van der Waals surface area contributed by atoms with E-state index in [2.05, 4.69) is 9.80 Å². The quantitative estimate of drug-likeness (QED) is 0.833. The van der Waals surface area contributed by atoms with Crippen LogP contribution >= 0.6 is 0 Å². The molecule has 0 atom stereocenters. The summed E-state index contributed by atoms with van der Waals surface area (Å²) in [5, 5.41) is 0. The number of hydrogen-bond acceptors (Lipinski definition) is 2. The Morgan fingerprint density at radius 2 is 1.54 bits per heavy atom. The van der Waals surface area contributed by atoms with Crippen LogP contribution in [0.25, 0.3) is 0 Å². The third kappa shape index (κ3) is 2.80. The zero-order valence-corrected chi connectivity index (χ0v) is 14.5. The van der Waals surface area contributed by atoms with Gasteiger partial charge in [-0.05, 0) is 73.5 Å². The van der Waals surface area contributed by atoms with E-state index in [1.807, 2.05) is 12.1 Å². The van der Waals surface area contributed by atoms with Gasteiger partial charge in [0.25, 0.3) is 0 Å². The molecule has 1 aromatic carbocycles. The van der Waals surface area contributed by atoms with Crippen LogP contribution in [0.4, 0.5) is 4.39 Å². The highest BCUT2D eigenvalue weighted by Crippen LogP contribution is 2.55. The van der Waals surface area contributed by atoms with Gasteiger partial charge < -0.3 is 0 Å². The second kappa shape index (κ2) is 6.10. The van der Waals surface area contributed by atoms with Gasteiger partial charge in [0.1, 0.15) is 5.82 Å². The Kier molecular flexibility index (Phi) is 3.90. The van der Waals surface area contributed by atoms with Crippen LogP contribution in [-0.2, 0) is 6.54 Å². The Labute approximate surface area is 145 Å². The summed E-state index contributed by atoms with van der Waals surface area (Å²) in [4.78, 5) is 5.33. The maximum Gasteiger partial charge on any atom is 0.123 e. The fourth-order valence-corrected chi connectivity index (χ4v) is 6.61. The molecule has 0 N–H and O–H groups in total. The van der Waals surface area contributed by atoms with E-state index in [0.717, 1.165) is 54.9 Å². The summed E-state index contributed by atoms with van der Waals surface area (Å²) in [5.74, 6) is 4.02. The topological polar surface area (TPSA) is 6.48 Å². The van der Waals surface area contributed by atoms with Crippen molar-refractivity contribution < 1.29 is 4.39 Å². The first-order chi connectivity index (χ1) is 11.7. The molecule has 5 fully saturated rings. The molecule has 0 unspecified atom stereocenters. The fourth-order valence-electron chi connectivity index (χ4n) is 6.61. The maximum absolute atomic E-state index is 13.4. The van der Waals surface area contributed by atoms with Gasteiger partial charge in [-0.25, -0.2) is 4.39 Å². The molecule has 6 rings (SSSR count). The summed E-state index contributed by atoms with van der Waals surface area (Å²) >= 11 is 0. The molecule has 0 amide bonds. The average Bonchev–Trinajstić information content (AvgIpc) is 2.55. The molecule has 2 nitrogen and oxygen atoms in total. The molecule has 1 aromatic rings. The summed E-state index contributed by atoms with van der Waals surface area (Å²) in [6.45, 7) is 5.59. The van der Waals surface area contributed by atoms with E-state index in [1.54, 1.807) is 12.5 Å². The molecular formula is C21H29FN2. The highest BCUT2D eigenvalue weighted by molar-refractivity contribution is 5.16. The van der Waals surface area contributed by atoms with Crippen LogP contribution < -0.4 is 0 Å². The molecule has 0 radical (unpaired) electrons. The molecule has 1 heterocycles. The van der Waals surface area contributed by atoms with E-state index in [4.69, 9.17) is 0 Å². The predicted octanol–water partition coefficient (Wildman–Crippen LogP) is 3.77. The van der Waals surface area contributed by atoms with Gasteiger partial charge in [0.2, 0.25) is 0 Å². The molecule has 5 aliphatic rings. The molecule has 1 saturated heterocycles. The van der Waals surface area contributed by atoms with Crippen LogP contribution in [-0.4, -0.2) is 42.0 Å². The highest BCUT2D eigenvalue weighted by atomic mass is 19.1. The van der Waals surface area contributed by atoms with Crippen LogP contribution in [0.5, 0.6) is 0 Å². The predicted molar refractivity (Wildman–Crippen MR) is 94.1 cm³/mol. The zero-order chi connectivity index (χ0) is 16.1. The third-order valence-electron chi connectivity index (χ3n) is 7.30. The second-order valence-electron chi connectivity index (χ2n) is 8.86. The van der Waals surface area contributed by atoms with Gasteiger partial charge in [-0.15, -0.1) is 0 Å². The normalized spacial score (nSPS) is 39.5. The smallest absolute Gasteiger partial charge is 0.123 e. The van der Waals surface area contributed by atoms with E-state index in [9.17, 15) is 4.39 Å². The first kappa shape index (κ1) is 15.3. The van der Waals surface area contributed by atoms with Crippen LogP contribution in [0.2, 0.25) is 0 Å². The summed E-state index contributed by atoms with van der Waals surface area (Å²) in [7, 11) is 0. The van der Waals surface area contributed by atoms with Gasteiger partial charge in [0.05, 0.1) is 0 Å². The van der Waals surface area contributed by atoms with Crippen molar-refractivity contribution in [3.63, 3.8) is 0 Å². The molecule has 0 aromatic heterocycles. The van der Waals surface area contributed by atoms with Crippen LogP contribution in [0.15, 0.2) is 24.3 Å². The second-order valence-corrected chi connectivity index (χ2v) is 8.86. The van der Waals surface area contributed by atoms with Gasteiger partial charge in [0, 0.05) is 38.8 Å². The Hall–Kier alpha value is -0.930. The van der Waals surface area contributed by atoms with E-state index in [-0.39, 0.29) is 5.82 Å². The van der Waals surface area contributed by atoms with Gasteiger partial charge >= 0.3 is 0 Å². The number of piperazine rings is 1. The monoisotopic (exact) mass is 328 g/mol. The van der Waals surface area contributed by atoms with Gasteiger partial charge in [-0.3, -0.25) is 9.80 Å². The first-order valence-corrected chi connectivity index (χ1v) is 9.95. The van der Waals surface area contributed by atoms with Crippen molar-refractivity contribution in [2.45, 2.75) is 44.7 Å². The van der Waals surface area contributed by atoms with Crippen LogP contribution in [0.3, 0.4) is 0 Å². The van der Waals surface area contributed by atoms with Crippen molar-refractivity contribution in [2.75, 3.05) is 26.2 Å². The number of rotatable bonds is 3. The van der Waals surface area contributed by atoms with Crippen molar-refractivity contribution >= 4 is 0 Å². The molecular weight excluding hydrogens is 299 g/mol. The van der Waals surface area contributed by atoms with Crippen molar-refractivity contribution in [2.24, 2.45) is 23.7 Å². The molecule has 24 heavy (non-hydrogen) atoms. The van der Waals surface area contributed by atoms with Crippen LogP contribution in [0, 0.1) is 29.5 Å². The third-order valence-corrected chi connectivity index (χ3v) is 7.30. The zero-order valence-electron chi connectivity index (χ0n) is 14.5. The minimum Gasteiger partial charge on any atom is -0.297 e. The summed E-state index contributed by atoms with van der Waals surface area (Å²) < 4.78 is 13.4. The molecule has 0 spiro atoms. The molecule has 4 bridgehead atoms. The minimum atomic E-state index is -0.111. The maximum atomic E-state index is 13.4. The lowest BCUT2D eigenvalue weighted by Gasteiger charge is -2.58. The first-order valence-electron chi connectivity index (χ1n) is 9.95. The van der Waals surface area contributed by atoms with Crippen LogP contribution in [0.1, 0.15) is 37.7 Å². The summed E-state index contributed by atoms with van der Waals surface area (Å²) in [6, 6.07) is 7.98. The lowest BCUT2D eigenvalue weighted by molar-refractivity contribution is -0.0769. The SMILES string of the molecule is Fc1cccc(CN2CCN(C3C4CC5CC(C4)CC3C5)CC2)c1. The van der Waals surface area contributed by atoms with E-state index < -0.39 is 0 Å². The summed E-state index contributed by atoms with van der Waals surface area (Å²) in [5.41, 5.74) is 1.11. The van der Waals surface area contributed by atoms with Crippen molar-refractivity contribution in [3.8, 4) is 0 Å². The number of halogens is 1. The molecule has 4 aliphatic carbocycles. The molecule has 3 heteroatoms. The Morgan fingerprint density at radius 1 is 0.875 bits per heavy atom. The average molecular weight is 328 g/mol. The number of nitrogens with zero attached hydrogens (tertiary/aromatic N) is 2. The van der Waals surface area contributed by atoms with Crippen molar-refractivity contribution in [3.05, 3.63) is 35.6 Å². The lowest BCUT2D eigenvalue weighted by atomic mass is 9.54. The lowest BCUT2D eigenvalue weighted by Crippen LogP contribution is -2.60. The van der Waals surface area contributed by atoms with Gasteiger partial charge in [-0.2, -0.15) is 0 Å². The molecule has 130 valence electrons. The number of hydrogen-bond donors (Lipinski definition) is 0. The van der Waals surface area contributed by atoms with E-state index in [1.165, 1.54) is 44.8 Å². The fraction of sp³-hybridized carbons (Fsp3) is 0.714. The van der Waals surface area contributed by atoms with Crippen molar-refractivity contribution in [1.29, 1.82) is 0 Å². The highest BCUT2D eigenvalue weighted by Gasteiger charge is 2.50. The van der Waals surface area contributed by atoms with Gasteiger partial charge in [-0.1, -0.05) is 12.1 Å². The van der Waals surface area contributed by atoms with E-state index in [0.29, 0.717) is 0 Å². The Morgan fingerprint density at radius 3 is 2.17 bits per heavy atom. The molecule has 1 aliphatic heterocycles. The standard InChI is InChI=1S/C21H29FN2/c22-20-3-1-2-15(13-20)14-23-4-6-24(7-5-23)21-18-9-16-8-17(11-18)12-19(21)10-16/h1-3,13,16-19,21H,4-12,14H2. The summed E-state index contributed by atoms with van der Waals surface area (Å²) in [6.07, 6.45) is 7.60. The minimum absolute atomic E-state index is 0.111. The van der Waals surface area contributed by atoms with Gasteiger partial charge in [0.15, 0.2) is 0 Å². The van der Waals surface area contributed by atoms with Crippen molar-refractivity contribution in [1.82, 2.24) is 9.80 Å². The number of benzene rings is 1. The van der Waals surface area contributed by atoms with E-state index >= 15 is 0 Å². The largest absolute Gasteiger partial charge is 0.297 e. The molecule has 4 saturated carbocycles. The Balaban J connectivity index is 1.20.